The number of benzene rings is 2. The van der Waals surface area contributed by atoms with E-state index >= 15 is 0 Å². The highest BCUT2D eigenvalue weighted by molar-refractivity contribution is 6.01. The molecular formula is C17H23ClN2O2. The third-order valence-corrected chi connectivity index (χ3v) is 3.30. The molecule has 0 aliphatic rings. The van der Waals surface area contributed by atoms with E-state index in [1.165, 1.54) is 0 Å². The molecule has 0 aliphatic heterocycles. The Kier molecular flexibility index (Phi) is 7.15. The van der Waals surface area contributed by atoms with Crippen LogP contribution in [0.4, 0.5) is 0 Å². The van der Waals surface area contributed by atoms with Gasteiger partial charge < -0.3 is 14.5 Å². The number of oxime groups is 1. The first-order valence-corrected chi connectivity index (χ1v) is 6.99. The second kappa shape index (κ2) is 8.61. The highest BCUT2D eigenvalue weighted by Crippen LogP contribution is 2.22. The molecule has 0 unspecified atom stereocenters. The van der Waals surface area contributed by atoms with Crippen LogP contribution >= 0.6 is 12.4 Å². The summed E-state index contributed by atoms with van der Waals surface area (Å²) < 4.78 is 5.24. The topological polar surface area (TPSA) is 34.1 Å². The van der Waals surface area contributed by atoms with Gasteiger partial charge in [-0.25, -0.2) is 0 Å². The van der Waals surface area contributed by atoms with Crippen molar-refractivity contribution in [2.24, 2.45) is 5.16 Å². The van der Waals surface area contributed by atoms with Crippen LogP contribution in [-0.4, -0.2) is 45.0 Å². The average Bonchev–Trinajstić information content (AvgIpc) is 2.50. The standard InChI is InChI=1S/C17H22N2O2.ClH/c1-13(18-21-10-9-19(2)3)14-5-6-16-12-17(20-4)8-7-15(16)11-14;/h5-8,11-12H,9-10H2,1-4H3;1H. The third kappa shape index (κ3) is 4.90. The lowest BCUT2D eigenvalue weighted by Gasteiger charge is -2.08. The number of fused-ring (bicyclic) bond motifs is 1. The second-order valence-electron chi connectivity index (χ2n) is 5.24. The van der Waals surface area contributed by atoms with Crippen LogP contribution < -0.4 is 4.74 Å². The molecule has 0 fully saturated rings. The number of methoxy groups -OCH3 is 1. The van der Waals surface area contributed by atoms with E-state index in [1.807, 2.05) is 33.2 Å². The second-order valence-corrected chi connectivity index (χ2v) is 5.24. The molecular weight excluding hydrogens is 300 g/mol. The average molecular weight is 323 g/mol. The predicted molar refractivity (Wildman–Crippen MR) is 94.5 cm³/mol. The van der Waals surface area contributed by atoms with Crippen LogP contribution in [0.15, 0.2) is 41.6 Å². The molecule has 5 heteroatoms. The van der Waals surface area contributed by atoms with Crippen LogP contribution in [0.2, 0.25) is 0 Å². The van der Waals surface area contributed by atoms with Crippen LogP contribution in [0.3, 0.4) is 0 Å². The molecule has 2 rings (SSSR count). The van der Waals surface area contributed by atoms with Gasteiger partial charge in [0, 0.05) is 6.54 Å². The molecule has 0 aromatic heterocycles. The third-order valence-electron chi connectivity index (χ3n) is 3.30. The molecule has 0 heterocycles. The number of rotatable bonds is 6. The molecule has 0 saturated carbocycles. The monoisotopic (exact) mass is 322 g/mol. The van der Waals surface area contributed by atoms with E-state index in [2.05, 4.69) is 34.3 Å². The molecule has 120 valence electrons. The largest absolute Gasteiger partial charge is 0.497 e. The van der Waals surface area contributed by atoms with E-state index in [0.717, 1.165) is 34.3 Å². The molecule has 0 radical (unpaired) electrons. The number of nitrogens with zero attached hydrogens (tertiary/aromatic N) is 2. The van der Waals surface area contributed by atoms with Crippen molar-refractivity contribution in [3.63, 3.8) is 0 Å². The Hall–Kier alpha value is -1.78. The van der Waals surface area contributed by atoms with Crippen molar-refractivity contribution in [3.8, 4) is 5.75 Å². The summed E-state index contributed by atoms with van der Waals surface area (Å²) in [6.07, 6.45) is 0. The first-order valence-electron chi connectivity index (χ1n) is 6.99. The maximum Gasteiger partial charge on any atom is 0.129 e. The van der Waals surface area contributed by atoms with Gasteiger partial charge in [0.1, 0.15) is 12.4 Å². The van der Waals surface area contributed by atoms with Crippen LogP contribution in [0.1, 0.15) is 12.5 Å². The van der Waals surface area contributed by atoms with Gasteiger partial charge >= 0.3 is 0 Å². The first kappa shape index (κ1) is 18.3. The Morgan fingerprint density at radius 2 is 1.77 bits per heavy atom. The van der Waals surface area contributed by atoms with Gasteiger partial charge in [-0.1, -0.05) is 23.4 Å². The first-order chi connectivity index (χ1) is 10.1. The fourth-order valence-corrected chi connectivity index (χ4v) is 1.99. The van der Waals surface area contributed by atoms with Crippen LogP contribution in [-0.2, 0) is 4.84 Å². The number of halogens is 1. The van der Waals surface area contributed by atoms with Crippen LogP contribution in [0, 0.1) is 0 Å². The normalized spacial score (nSPS) is 11.4. The quantitative estimate of drug-likeness (QED) is 0.463. The fraction of sp³-hybridized carbons (Fsp3) is 0.353. The zero-order valence-electron chi connectivity index (χ0n) is 13.5. The Balaban J connectivity index is 0.00000242. The van der Waals surface area contributed by atoms with E-state index in [1.54, 1.807) is 7.11 Å². The minimum absolute atomic E-state index is 0. The van der Waals surface area contributed by atoms with Crippen LogP contribution in [0.25, 0.3) is 10.8 Å². The van der Waals surface area contributed by atoms with Gasteiger partial charge in [-0.15, -0.1) is 12.4 Å². The summed E-state index contributed by atoms with van der Waals surface area (Å²) in [6.45, 7) is 3.41. The lowest BCUT2D eigenvalue weighted by Crippen LogP contribution is -2.17. The van der Waals surface area contributed by atoms with Gasteiger partial charge in [-0.05, 0) is 55.6 Å². The van der Waals surface area contributed by atoms with Gasteiger partial charge in [-0.2, -0.15) is 0 Å². The smallest absolute Gasteiger partial charge is 0.129 e. The molecule has 2 aromatic rings. The molecule has 0 amide bonds. The van der Waals surface area contributed by atoms with Crippen molar-refractivity contribution in [2.75, 3.05) is 34.4 Å². The van der Waals surface area contributed by atoms with Crippen molar-refractivity contribution < 1.29 is 9.57 Å². The molecule has 4 nitrogen and oxygen atoms in total. The summed E-state index contributed by atoms with van der Waals surface area (Å²) >= 11 is 0. The van der Waals surface area contributed by atoms with Crippen molar-refractivity contribution in [2.45, 2.75) is 6.92 Å². The van der Waals surface area contributed by atoms with Gasteiger partial charge in [-0.3, -0.25) is 0 Å². The van der Waals surface area contributed by atoms with Gasteiger partial charge in [0.25, 0.3) is 0 Å². The molecule has 2 aromatic carbocycles. The summed E-state index contributed by atoms with van der Waals surface area (Å²) in [5.41, 5.74) is 1.95. The Morgan fingerprint density at radius 1 is 1.09 bits per heavy atom. The zero-order chi connectivity index (χ0) is 15.2. The summed E-state index contributed by atoms with van der Waals surface area (Å²) in [6, 6.07) is 12.3. The molecule has 0 spiro atoms. The minimum Gasteiger partial charge on any atom is -0.497 e. The Labute approximate surface area is 138 Å². The predicted octanol–water partition coefficient (Wildman–Crippen LogP) is 3.57. The van der Waals surface area contributed by atoms with Crippen molar-refractivity contribution in [1.29, 1.82) is 0 Å². The maximum absolute atomic E-state index is 5.34. The van der Waals surface area contributed by atoms with Gasteiger partial charge in [0.2, 0.25) is 0 Å². The Bertz CT molecular complexity index is 642. The summed E-state index contributed by atoms with van der Waals surface area (Å²) in [5.74, 6) is 0.868. The highest BCUT2D eigenvalue weighted by atomic mass is 35.5. The molecule has 0 aliphatic carbocycles. The zero-order valence-corrected chi connectivity index (χ0v) is 14.3. The summed E-state index contributed by atoms with van der Waals surface area (Å²) in [5, 5.41) is 6.49. The number of hydrogen-bond acceptors (Lipinski definition) is 4. The summed E-state index contributed by atoms with van der Waals surface area (Å²) in [7, 11) is 5.70. The van der Waals surface area contributed by atoms with Gasteiger partial charge in [0.15, 0.2) is 0 Å². The van der Waals surface area contributed by atoms with Crippen molar-refractivity contribution >= 4 is 28.9 Å². The minimum atomic E-state index is 0. The number of hydrogen-bond donors (Lipinski definition) is 0. The Morgan fingerprint density at radius 3 is 2.45 bits per heavy atom. The molecule has 22 heavy (non-hydrogen) atoms. The van der Waals surface area contributed by atoms with E-state index < -0.39 is 0 Å². The molecule has 0 saturated heterocycles. The SMILES string of the molecule is COc1ccc2cc(C(C)=NOCCN(C)C)ccc2c1.Cl. The number of ether oxygens (including phenoxy) is 1. The number of likely N-dealkylation sites (N-methyl/N-ethyl adjacent to an activating group) is 1. The van der Waals surface area contributed by atoms with Crippen LogP contribution in [0.5, 0.6) is 5.75 Å². The highest BCUT2D eigenvalue weighted by Gasteiger charge is 2.02. The maximum atomic E-state index is 5.34. The van der Waals surface area contributed by atoms with Gasteiger partial charge in [0.05, 0.1) is 12.8 Å². The van der Waals surface area contributed by atoms with E-state index in [9.17, 15) is 0 Å². The lowest BCUT2D eigenvalue weighted by atomic mass is 10.0. The molecule has 0 bridgehead atoms. The molecule has 0 atom stereocenters. The van der Waals surface area contributed by atoms with Crippen molar-refractivity contribution in [3.05, 3.63) is 42.0 Å². The van der Waals surface area contributed by atoms with Crippen molar-refractivity contribution in [1.82, 2.24) is 4.90 Å². The lowest BCUT2D eigenvalue weighted by molar-refractivity contribution is 0.126. The van der Waals surface area contributed by atoms with E-state index in [4.69, 9.17) is 9.57 Å². The van der Waals surface area contributed by atoms with E-state index in [0.29, 0.717) is 6.61 Å². The molecule has 0 N–H and O–H groups in total. The van der Waals surface area contributed by atoms with E-state index in [-0.39, 0.29) is 12.4 Å². The summed E-state index contributed by atoms with van der Waals surface area (Å²) in [4.78, 5) is 7.40. The fourth-order valence-electron chi connectivity index (χ4n) is 1.99.